The van der Waals surface area contributed by atoms with Gasteiger partial charge in [0.2, 0.25) is 0 Å². The highest BCUT2D eigenvalue weighted by atomic mass is 35.5. The molecule has 19 heavy (non-hydrogen) atoms. The topological polar surface area (TPSA) is 42.2 Å². The van der Waals surface area contributed by atoms with Crippen LogP contribution in [0.2, 0.25) is 5.02 Å². The van der Waals surface area contributed by atoms with Gasteiger partial charge in [-0.15, -0.1) is 0 Å². The zero-order chi connectivity index (χ0) is 13.8. The molecule has 0 radical (unpaired) electrons. The highest BCUT2D eigenvalue weighted by molar-refractivity contribution is 6.30. The molecule has 0 saturated heterocycles. The molecular weight excluding hydrogens is 258 g/mol. The van der Waals surface area contributed by atoms with Crippen molar-refractivity contribution >= 4 is 17.4 Å². The van der Waals surface area contributed by atoms with Gasteiger partial charge in [0.05, 0.1) is 0 Å². The smallest absolute Gasteiger partial charge is 0.128 e. The van der Waals surface area contributed by atoms with Crippen molar-refractivity contribution in [2.45, 2.75) is 20.0 Å². The number of rotatable bonds is 4. The summed E-state index contributed by atoms with van der Waals surface area (Å²) in [6, 6.07) is 11.9. The van der Waals surface area contributed by atoms with E-state index in [1.165, 1.54) is 5.56 Å². The summed E-state index contributed by atoms with van der Waals surface area (Å²) in [4.78, 5) is 6.69. The lowest BCUT2D eigenvalue weighted by Gasteiger charge is -2.19. The zero-order valence-electron chi connectivity index (χ0n) is 11.2. The molecule has 0 aliphatic heterocycles. The highest BCUT2D eigenvalue weighted by Gasteiger charge is 2.06. The van der Waals surface area contributed by atoms with E-state index in [1.54, 1.807) is 0 Å². The summed E-state index contributed by atoms with van der Waals surface area (Å²) in [5.74, 6) is 0.949. The van der Waals surface area contributed by atoms with Crippen molar-refractivity contribution < 1.29 is 0 Å². The van der Waals surface area contributed by atoms with Crippen LogP contribution in [0.1, 0.15) is 16.8 Å². The predicted octanol–water partition coefficient (Wildman–Crippen LogP) is 3.14. The Kier molecular flexibility index (Phi) is 4.40. The number of halogens is 1. The van der Waals surface area contributed by atoms with Gasteiger partial charge < -0.3 is 10.6 Å². The van der Waals surface area contributed by atoms with E-state index in [1.807, 2.05) is 50.4 Å². The molecule has 2 N–H and O–H groups in total. The van der Waals surface area contributed by atoms with Crippen LogP contribution in [0.4, 0.5) is 5.82 Å². The number of anilines is 1. The number of benzene rings is 1. The first-order chi connectivity index (χ1) is 9.10. The Hall–Kier alpha value is -1.58. The van der Waals surface area contributed by atoms with Crippen molar-refractivity contribution in [1.82, 2.24) is 4.98 Å². The van der Waals surface area contributed by atoms with Crippen molar-refractivity contribution in [3.05, 3.63) is 58.2 Å². The van der Waals surface area contributed by atoms with Gasteiger partial charge in [-0.2, -0.15) is 0 Å². The van der Waals surface area contributed by atoms with Gasteiger partial charge in [0.1, 0.15) is 5.82 Å². The SMILES string of the molecule is Cc1nc(N(C)Cc2ccc(Cl)cc2)ccc1CN. The van der Waals surface area contributed by atoms with Crippen molar-refractivity contribution in [2.24, 2.45) is 5.73 Å². The molecule has 0 aliphatic rings. The maximum absolute atomic E-state index is 5.88. The summed E-state index contributed by atoms with van der Waals surface area (Å²) < 4.78 is 0. The summed E-state index contributed by atoms with van der Waals surface area (Å²) in [7, 11) is 2.03. The third-order valence-corrected chi connectivity index (χ3v) is 3.38. The minimum absolute atomic E-state index is 0.528. The van der Waals surface area contributed by atoms with E-state index < -0.39 is 0 Å². The summed E-state index contributed by atoms with van der Waals surface area (Å²) in [6.45, 7) is 3.31. The number of hydrogen-bond donors (Lipinski definition) is 1. The van der Waals surface area contributed by atoms with Gasteiger partial charge in [0.25, 0.3) is 0 Å². The fourth-order valence-electron chi connectivity index (χ4n) is 1.95. The van der Waals surface area contributed by atoms with Gasteiger partial charge in [-0.1, -0.05) is 29.8 Å². The molecular formula is C15H18ClN3. The fraction of sp³-hybridized carbons (Fsp3) is 0.267. The van der Waals surface area contributed by atoms with Crippen LogP contribution < -0.4 is 10.6 Å². The van der Waals surface area contributed by atoms with Gasteiger partial charge in [0.15, 0.2) is 0 Å². The van der Waals surface area contributed by atoms with Crippen molar-refractivity contribution in [2.75, 3.05) is 11.9 Å². The van der Waals surface area contributed by atoms with E-state index in [2.05, 4.69) is 9.88 Å². The Morgan fingerprint density at radius 3 is 2.42 bits per heavy atom. The second-order valence-electron chi connectivity index (χ2n) is 4.60. The molecule has 0 amide bonds. The third kappa shape index (κ3) is 3.46. The van der Waals surface area contributed by atoms with Crippen LogP contribution >= 0.6 is 11.6 Å². The molecule has 2 rings (SSSR count). The molecule has 0 aliphatic carbocycles. The Labute approximate surface area is 119 Å². The van der Waals surface area contributed by atoms with E-state index in [0.717, 1.165) is 28.6 Å². The molecule has 0 fully saturated rings. The van der Waals surface area contributed by atoms with Gasteiger partial charge in [0, 0.05) is 30.9 Å². The lowest BCUT2D eigenvalue weighted by molar-refractivity contribution is 0.884. The second kappa shape index (κ2) is 6.04. The fourth-order valence-corrected chi connectivity index (χ4v) is 2.08. The van der Waals surface area contributed by atoms with Gasteiger partial charge in [-0.05, 0) is 36.2 Å². The molecule has 100 valence electrons. The van der Waals surface area contributed by atoms with Gasteiger partial charge in [-0.3, -0.25) is 0 Å². The quantitative estimate of drug-likeness (QED) is 0.932. The first-order valence-corrected chi connectivity index (χ1v) is 6.60. The Balaban J connectivity index is 2.13. The zero-order valence-corrected chi connectivity index (χ0v) is 12.0. The molecule has 0 saturated carbocycles. The largest absolute Gasteiger partial charge is 0.355 e. The van der Waals surface area contributed by atoms with Crippen molar-refractivity contribution in [3.8, 4) is 0 Å². The van der Waals surface area contributed by atoms with Crippen LogP contribution in [0.3, 0.4) is 0 Å². The maximum atomic E-state index is 5.88. The first kappa shape index (κ1) is 13.8. The standard InChI is InChI=1S/C15H18ClN3/c1-11-13(9-17)5-8-15(18-11)19(2)10-12-3-6-14(16)7-4-12/h3-8H,9-10,17H2,1-2H3. The Morgan fingerprint density at radius 1 is 1.16 bits per heavy atom. The van der Waals surface area contributed by atoms with E-state index >= 15 is 0 Å². The summed E-state index contributed by atoms with van der Waals surface area (Å²) in [6.07, 6.45) is 0. The molecule has 1 heterocycles. The van der Waals surface area contributed by atoms with Crippen molar-refractivity contribution in [1.29, 1.82) is 0 Å². The van der Waals surface area contributed by atoms with Crippen LogP contribution in [-0.4, -0.2) is 12.0 Å². The average molecular weight is 276 g/mol. The molecule has 1 aromatic heterocycles. The molecule has 1 aromatic carbocycles. The summed E-state index contributed by atoms with van der Waals surface area (Å²) in [5, 5.41) is 0.757. The van der Waals surface area contributed by atoms with Crippen LogP contribution in [0.25, 0.3) is 0 Å². The number of nitrogens with two attached hydrogens (primary N) is 1. The molecule has 0 bridgehead atoms. The van der Waals surface area contributed by atoms with Crippen LogP contribution in [0, 0.1) is 6.92 Å². The number of aryl methyl sites for hydroxylation is 1. The third-order valence-electron chi connectivity index (χ3n) is 3.12. The van der Waals surface area contributed by atoms with Crippen molar-refractivity contribution in [3.63, 3.8) is 0 Å². The van der Waals surface area contributed by atoms with E-state index in [4.69, 9.17) is 17.3 Å². The minimum atomic E-state index is 0.528. The Bertz CT molecular complexity index is 552. The lowest BCUT2D eigenvalue weighted by atomic mass is 10.2. The normalized spacial score (nSPS) is 10.5. The molecule has 0 atom stereocenters. The molecule has 0 unspecified atom stereocenters. The van der Waals surface area contributed by atoms with Gasteiger partial charge >= 0.3 is 0 Å². The number of aromatic nitrogens is 1. The molecule has 3 nitrogen and oxygen atoms in total. The maximum Gasteiger partial charge on any atom is 0.128 e. The number of pyridine rings is 1. The summed E-state index contributed by atoms with van der Waals surface area (Å²) >= 11 is 5.88. The Morgan fingerprint density at radius 2 is 1.84 bits per heavy atom. The average Bonchev–Trinajstić information content (AvgIpc) is 2.41. The highest BCUT2D eigenvalue weighted by Crippen LogP contribution is 2.17. The number of nitrogens with zero attached hydrogens (tertiary/aromatic N) is 2. The lowest BCUT2D eigenvalue weighted by Crippen LogP contribution is -2.18. The van der Waals surface area contributed by atoms with Crippen LogP contribution in [0.5, 0.6) is 0 Å². The van der Waals surface area contributed by atoms with E-state index in [9.17, 15) is 0 Å². The van der Waals surface area contributed by atoms with E-state index in [-0.39, 0.29) is 0 Å². The molecule has 4 heteroatoms. The predicted molar refractivity (Wildman–Crippen MR) is 80.4 cm³/mol. The monoisotopic (exact) mass is 275 g/mol. The first-order valence-electron chi connectivity index (χ1n) is 6.22. The summed E-state index contributed by atoms with van der Waals surface area (Å²) in [5.41, 5.74) is 8.93. The molecule has 2 aromatic rings. The van der Waals surface area contributed by atoms with Crippen LogP contribution in [-0.2, 0) is 13.1 Å². The minimum Gasteiger partial charge on any atom is -0.355 e. The molecule has 0 spiro atoms. The van der Waals surface area contributed by atoms with Gasteiger partial charge in [-0.25, -0.2) is 4.98 Å². The number of hydrogen-bond acceptors (Lipinski definition) is 3. The second-order valence-corrected chi connectivity index (χ2v) is 5.04. The van der Waals surface area contributed by atoms with Crippen LogP contribution in [0.15, 0.2) is 36.4 Å². The van der Waals surface area contributed by atoms with E-state index in [0.29, 0.717) is 6.54 Å².